The van der Waals surface area contributed by atoms with Gasteiger partial charge in [0.1, 0.15) is 0 Å². The summed E-state index contributed by atoms with van der Waals surface area (Å²) in [5.41, 5.74) is 0. The molecule has 0 saturated carbocycles. The van der Waals surface area contributed by atoms with Gasteiger partial charge >= 0.3 is 0 Å². The fourth-order valence-electron chi connectivity index (χ4n) is 2.04. The van der Waals surface area contributed by atoms with Gasteiger partial charge in [-0.15, -0.1) is 12.3 Å². The van der Waals surface area contributed by atoms with E-state index in [4.69, 9.17) is 11.2 Å². The van der Waals surface area contributed by atoms with Gasteiger partial charge in [0, 0.05) is 19.0 Å². The summed E-state index contributed by atoms with van der Waals surface area (Å²) in [6, 6.07) is 0.163. The predicted molar refractivity (Wildman–Crippen MR) is 72.1 cm³/mol. The highest BCUT2D eigenvalue weighted by atomic mass is 16.5. The Morgan fingerprint density at radius 2 is 2.22 bits per heavy atom. The van der Waals surface area contributed by atoms with Crippen LogP contribution in [0, 0.1) is 18.3 Å². The van der Waals surface area contributed by atoms with E-state index >= 15 is 0 Å². The lowest BCUT2D eigenvalue weighted by Crippen LogP contribution is -2.44. The monoisotopic (exact) mass is 252 g/mol. The van der Waals surface area contributed by atoms with E-state index < -0.39 is 0 Å². The first-order valence-corrected chi connectivity index (χ1v) is 6.82. The Labute approximate surface area is 110 Å². The minimum absolute atomic E-state index is 0.0517. The molecule has 0 aromatic heterocycles. The van der Waals surface area contributed by atoms with Gasteiger partial charge in [0.25, 0.3) is 0 Å². The summed E-state index contributed by atoms with van der Waals surface area (Å²) in [4.78, 5) is 12.0. The number of terminal acetylenes is 1. The van der Waals surface area contributed by atoms with Crippen LogP contribution in [-0.4, -0.2) is 38.3 Å². The van der Waals surface area contributed by atoms with Crippen molar-refractivity contribution >= 4 is 5.91 Å². The third kappa shape index (κ3) is 5.07. The van der Waals surface area contributed by atoms with Gasteiger partial charge in [-0.2, -0.15) is 0 Å². The molecule has 1 amide bonds. The molecule has 0 spiro atoms. The third-order valence-corrected chi connectivity index (χ3v) is 3.12. The second-order valence-corrected chi connectivity index (χ2v) is 4.66. The van der Waals surface area contributed by atoms with Gasteiger partial charge in [-0.1, -0.05) is 6.92 Å². The first kappa shape index (κ1) is 15.0. The van der Waals surface area contributed by atoms with E-state index in [0.29, 0.717) is 19.8 Å². The third-order valence-electron chi connectivity index (χ3n) is 3.12. The minimum atomic E-state index is -0.0517. The van der Waals surface area contributed by atoms with Gasteiger partial charge < -0.3 is 15.4 Å². The van der Waals surface area contributed by atoms with Crippen LogP contribution in [0.3, 0.4) is 0 Å². The standard InChI is InChI=1S/C14H24N2O2/c1-3-5-6-7-9-16-14(17)12-10-18-11-13(12)15-8-4-2/h1,12-13,15H,4-11H2,2H3,(H,16,17). The maximum Gasteiger partial charge on any atom is 0.227 e. The minimum Gasteiger partial charge on any atom is -0.379 e. The van der Waals surface area contributed by atoms with Crippen LogP contribution in [-0.2, 0) is 9.53 Å². The normalized spacial score (nSPS) is 22.7. The maximum atomic E-state index is 12.0. The SMILES string of the molecule is C#CCCCCNC(=O)C1COCC1NCCC. The number of hydrogen-bond acceptors (Lipinski definition) is 3. The highest BCUT2D eigenvalue weighted by molar-refractivity contribution is 5.79. The molecule has 2 unspecified atom stereocenters. The molecule has 4 nitrogen and oxygen atoms in total. The average molecular weight is 252 g/mol. The maximum absolute atomic E-state index is 12.0. The van der Waals surface area contributed by atoms with Crippen molar-refractivity contribution in [2.24, 2.45) is 5.92 Å². The Morgan fingerprint density at radius 1 is 1.39 bits per heavy atom. The van der Waals surface area contributed by atoms with Crippen LogP contribution >= 0.6 is 0 Å². The highest BCUT2D eigenvalue weighted by Gasteiger charge is 2.33. The molecule has 0 aromatic rings. The molecule has 1 aliphatic rings. The number of nitrogens with one attached hydrogen (secondary N) is 2. The van der Waals surface area contributed by atoms with Crippen molar-refractivity contribution in [3.8, 4) is 12.3 Å². The number of rotatable bonds is 8. The van der Waals surface area contributed by atoms with Crippen molar-refractivity contribution in [3.05, 3.63) is 0 Å². The summed E-state index contributed by atoms with van der Waals surface area (Å²) in [6.07, 6.45) is 8.93. The van der Waals surface area contributed by atoms with E-state index in [9.17, 15) is 4.79 Å². The van der Waals surface area contributed by atoms with Gasteiger partial charge in [-0.3, -0.25) is 4.79 Å². The summed E-state index contributed by atoms with van der Waals surface area (Å²) in [5.74, 6) is 2.65. The predicted octanol–water partition coefficient (Wildman–Crippen LogP) is 0.921. The quantitative estimate of drug-likeness (QED) is 0.499. The first-order valence-electron chi connectivity index (χ1n) is 6.82. The van der Waals surface area contributed by atoms with Gasteiger partial charge in [0.05, 0.1) is 19.1 Å². The zero-order valence-corrected chi connectivity index (χ0v) is 11.2. The fraction of sp³-hybridized carbons (Fsp3) is 0.786. The Hall–Kier alpha value is -1.05. The van der Waals surface area contributed by atoms with Gasteiger partial charge in [0.15, 0.2) is 0 Å². The molecule has 2 N–H and O–H groups in total. The van der Waals surface area contributed by atoms with Gasteiger partial charge in [0.2, 0.25) is 5.91 Å². The lowest BCUT2D eigenvalue weighted by atomic mass is 10.0. The largest absolute Gasteiger partial charge is 0.379 e. The zero-order chi connectivity index (χ0) is 13.2. The topological polar surface area (TPSA) is 50.4 Å². The van der Waals surface area contributed by atoms with E-state index in [1.807, 2.05) is 0 Å². The van der Waals surface area contributed by atoms with Gasteiger partial charge in [-0.05, 0) is 25.8 Å². The van der Waals surface area contributed by atoms with Crippen molar-refractivity contribution < 1.29 is 9.53 Å². The molecule has 1 fully saturated rings. The average Bonchev–Trinajstić information content (AvgIpc) is 2.84. The van der Waals surface area contributed by atoms with E-state index in [1.165, 1.54) is 0 Å². The Kier molecular flexibility index (Phi) is 7.47. The van der Waals surface area contributed by atoms with Crippen molar-refractivity contribution in [2.75, 3.05) is 26.3 Å². The molecule has 102 valence electrons. The van der Waals surface area contributed by atoms with Crippen LogP contribution in [0.1, 0.15) is 32.6 Å². The first-order chi connectivity index (χ1) is 8.79. The Bertz CT molecular complexity index is 286. The molecule has 18 heavy (non-hydrogen) atoms. The number of amides is 1. The molecule has 2 atom stereocenters. The van der Waals surface area contributed by atoms with Crippen LogP contribution in [0.2, 0.25) is 0 Å². The molecule has 0 aliphatic carbocycles. The molecule has 1 saturated heterocycles. The summed E-state index contributed by atoms with van der Waals surface area (Å²) in [6.45, 7) is 4.91. The summed E-state index contributed by atoms with van der Waals surface area (Å²) in [5, 5.41) is 6.32. The van der Waals surface area contributed by atoms with Gasteiger partial charge in [-0.25, -0.2) is 0 Å². The lowest BCUT2D eigenvalue weighted by molar-refractivity contribution is -0.125. The smallest absolute Gasteiger partial charge is 0.227 e. The van der Waals surface area contributed by atoms with E-state index in [0.717, 1.165) is 32.2 Å². The lowest BCUT2D eigenvalue weighted by Gasteiger charge is -2.18. The Balaban J connectivity index is 2.21. The summed E-state index contributed by atoms with van der Waals surface area (Å²) < 4.78 is 5.38. The van der Waals surface area contributed by atoms with Crippen LogP contribution in [0.4, 0.5) is 0 Å². The van der Waals surface area contributed by atoms with Crippen LogP contribution in [0.15, 0.2) is 0 Å². The van der Waals surface area contributed by atoms with E-state index in [2.05, 4.69) is 23.5 Å². The Morgan fingerprint density at radius 3 is 2.94 bits per heavy atom. The van der Waals surface area contributed by atoms with Crippen molar-refractivity contribution in [1.29, 1.82) is 0 Å². The molecule has 1 rings (SSSR count). The molecule has 0 radical (unpaired) electrons. The van der Waals surface area contributed by atoms with E-state index in [1.54, 1.807) is 0 Å². The molecular weight excluding hydrogens is 228 g/mol. The summed E-state index contributed by atoms with van der Waals surface area (Å²) >= 11 is 0. The second kappa shape index (κ2) is 8.96. The van der Waals surface area contributed by atoms with Crippen molar-refractivity contribution in [3.63, 3.8) is 0 Å². The number of unbranched alkanes of at least 4 members (excludes halogenated alkanes) is 2. The number of carbonyl (C=O) groups is 1. The molecule has 1 heterocycles. The second-order valence-electron chi connectivity index (χ2n) is 4.66. The number of hydrogen-bond donors (Lipinski definition) is 2. The van der Waals surface area contributed by atoms with Crippen molar-refractivity contribution in [2.45, 2.75) is 38.6 Å². The van der Waals surface area contributed by atoms with Crippen LogP contribution in [0.5, 0.6) is 0 Å². The zero-order valence-electron chi connectivity index (χ0n) is 11.2. The van der Waals surface area contributed by atoms with Crippen LogP contribution in [0.25, 0.3) is 0 Å². The molecule has 0 bridgehead atoms. The van der Waals surface area contributed by atoms with E-state index in [-0.39, 0.29) is 17.9 Å². The van der Waals surface area contributed by atoms with Crippen molar-refractivity contribution in [1.82, 2.24) is 10.6 Å². The molecular formula is C14H24N2O2. The molecule has 1 aliphatic heterocycles. The number of ether oxygens (including phenoxy) is 1. The molecule has 0 aromatic carbocycles. The fourth-order valence-corrected chi connectivity index (χ4v) is 2.04. The number of carbonyl (C=O) groups excluding carboxylic acids is 1. The molecule has 4 heteroatoms. The summed E-state index contributed by atoms with van der Waals surface area (Å²) in [7, 11) is 0. The highest BCUT2D eigenvalue weighted by Crippen LogP contribution is 2.13. The van der Waals surface area contributed by atoms with Crippen LogP contribution < -0.4 is 10.6 Å².